The lowest BCUT2D eigenvalue weighted by molar-refractivity contribution is -0.364. The first kappa shape index (κ1) is 19.7. The summed E-state index contributed by atoms with van der Waals surface area (Å²) in [4.78, 5) is 3.23. The van der Waals surface area contributed by atoms with E-state index in [9.17, 15) is 8.42 Å². The van der Waals surface area contributed by atoms with Crippen molar-refractivity contribution in [3.05, 3.63) is 78.5 Å². The fourth-order valence-corrected chi connectivity index (χ4v) is 4.37. The Balaban J connectivity index is 1.76. The van der Waals surface area contributed by atoms with Crippen molar-refractivity contribution in [1.29, 1.82) is 0 Å². The highest BCUT2D eigenvalue weighted by molar-refractivity contribution is 7.92. The fraction of sp³-hybridized carbons (Fsp3) is 0.190. The number of ether oxygens (including phenoxy) is 1. The van der Waals surface area contributed by atoms with Crippen molar-refractivity contribution in [3.63, 3.8) is 0 Å². The summed E-state index contributed by atoms with van der Waals surface area (Å²) in [6.07, 6.45) is 1.51. The predicted octanol–water partition coefficient (Wildman–Crippen LogP) is 3.34. The van der Waals surface area contributed by atoms with Gasteiger partial charge in [0.1, 0.15) is 23.4 Å². The second-order valence-corrected chi connectivity index (χ2v) is 7.97. The molecule has 0 saturated carbocycles. The van der Waals surface area contributed by atoms with Crippen LogP contribution >= 0.6 is 0 Å². The number of benzene rings is 2. The lowest BCUT2D eigenvalue weighted by atomic mass is 10.2. The number of aromatic amines is 1. The minimum Gasteiger partial charge on any atom is -0.496 e. The van der Waals surface area contributed by atoms with Crippen molar-refractivity contribution in [3.8, 4) is 5.75 Å². The van der Waals surface area contributed by atoms with Gasteiger partial charge in [0.15, 0.2) is 0 Å². The molecule has 0 bridgehead atoms. The first-order chi connectivity index (χ1) is 13.6. The largest absolute Gasteiger partial charge is 0.496 e. The number of sulfonamides is 1. The van der Waals surface area contributed by atoms with E-state index in [0.29, 0.717) is 24.6 Å². The number of anilines is 2. The second kappa shape index (κ2) is 8.75. The lowest BCUT2D eigenvalue weighted by Gasteiger charge is -2.22. The van der Waals surface area contributed by atoms with E-state index in [2.05, 4.69) is 10.3 Å². The Labute approximate surface area is 165 Å². The van der Waals surface area contributed by atoms with E-state index in [4.69, 9.17) is 4.74 Å². The Kier molecular flexibility index (Phi) is 6.16. The molecule has 2 N–H and O–H groups in total. The predicted molar refractivity (Wildman–Crippen MR) is 110 cm³/mol. The molecule has 1 aromatic heterocycles. The first-order valence-electron chi connectivity index (χ1n) is 9.01. The normalized spacial score (nSPS) is 11.1. The van der Waals surface area contributed by atoms with Gasteiger partial charge in [-0.2, -0.15) is 0 Å². The van der Waals surface area contributed by atoms with Gasteiger partial charge in [0.25, 0.3) is 15.8 Å². The molecular weight excluding hydrogens is 374 g/mol. The van der Waals surface area contributed by atoms with Crippen LogP contribution in [0.25, 0.3) is 0 Å². The van der Waals surface area contributed by atoms with Crippen LogP contribution in [0.1, 0.15) is 12.5 Å². The van der Waals surface area contributed by atoms with Crippen LogP contribution in [0.4, 0.5) is 11.5 Å². The third-order valence-corrected chi connectivity index (χ3v) is 6.26. The van der Waals surface area contributed by atoms with Crippen LogP contribution in [0.15, 0.2) is 77.8 Å². The van der Waals surface area contributed by atoms with E-state index in [1.807, 2.05) is 49.4 Å². The maximum absolute atomic E-state index is 13.0. The van der Waals surface area contributed by atoms with Gasteiger partial charge in [-0.1, -0.05) is 36.4 Å². The van der Waals surface area contributed by atoms with Crippen LogP contribution in [0.3, 0.4) is 0 Å². The van der Waals surface area contributed by atoms with Crippen molar-refractivity contribution in [2.24, 2.45) is 0 Å². The van der Waals surface area contributed by atoms with Crippen molar-refractivity contribution < 1.29 is 18.1 Å². The van der Waals surface area contributed by atoms with Crippen LogP contribution in [-0.4, -0.2) is 22.1 Å². The van der Waals surface area contributed by atoms with Crippen LogP contribution in [0.5, 0.6) is 5.75 Å². The molecule has 0 unspecified atom stereocenters. The van der Waals surface area contributed by atoms with Gasteiger partial charge in [-0.15, -0.1) is 0 Å². The van der Waals surface area contributed by atoms with Gasteiger partial charge in [-0.3, -0.25) is 9.62 Å². The number of H-pyrrole nitrogens is 1. The number of para-hydroxylation sites is 2. The number of hydrogen-bond acceptors (Lipinski definition) is 4. The maximum atomic E-state index is 13.0. The smallest absolute Gasteiger partial charge is 0.272 e. The van der Waals surface area contributed by atoms with E-state index >= 15 is 0 Å². The summed E-state index contributed by atoms with van der Waals surface area (Å²) in [6, 6.07) is 20.1. The minimum absolute atomic E-state index is 0.209. The highest BCUT2D eigenvalue weighted by Gasteiger charge is 2.24. The third-order valence-electron chi connectivity index (χ3n) is 4.37. The molecular formula is C21H24N3O3S+. The van der Waals surface area contributed by atoms with E-state index in [1.165, 1.54) is 10.5 Å². The standard InChI is InChI=1S/C21H23N3O3S/c1-3-24(18-10-5-4-6-11-18)28(25,26)19-13-14-21(23-16-19)22-15-17-9-7-8-12-20(17)27-2/h4-14,16H,3,15H2,1-2H3,(H,22,23)/p+1. The van der Waals surface area contributed by atoms with E-state index in [0.717, 1.165) is 11.3 Å². The average Bonchev–Trinajstić information content (AvgIpc) is 2.74. The lowest BCUT2D eigenvalue weighted by Crippen LogP contribution is -2.31. The highest BCUT2D eigenvalue weighted by Crippen LogP contribution is 2.23. The summed E-state index contributed by atoms with van der Waals surface area (Å²) >= 11 is 0. The zero-order valence-electron chi connectivity index (χ0n) is 15.9. The first-order valence-corrected chi connectivity index (χ1v) is 10.5. The topological polar surface area (TPSA) is 72.8 Å². The van der Waals surface area contributed by atoms with Gasteiger partial charge < -0.3 is 4.74 Å². The minimum atomic E-state index is -3.64. The summed E-state index contributed by atoms with van der Waals surface area (Å²) in [7, 11) is -2.01. The Hall–Kier alpha value is -3.06. The number of methoxy groups -OCH3 is 1. The monoisotopic (exact) mass is 398 g/mol. The molecule has 0 aliphatic heterocycles. The summed E-state index contributed by atoms with van der Waals surface area (Å²) in [5, 5.41) is 3.25. The molecule has 3 aromatic rings. The van der Waals surface area contributed by atoms with Gasteiger partial charge in [0.2, 0.25) is 0 Å². The fourth-order valence-electron chi connectivity index (χ4n) is 2.93. The molecule has 0 amide bonds. The van der Waals surface area contributed by atoms with Crippen LogP contribution < -0.4 is 19.3 Å². The molecule has 146 valence electrons. The van der Waals surface area contributed by atoms with Gasteiger partial charge in [-0.25, -0.2) is 13.4 Å². The third kappa shape index (κ3) is 4.26. The summed E-state index contributed by atoms with van der Waals surface area (Å²) < 4.78 is 32.7. The number of pyridine rings is 1. The zero-order valence-corrected chi connectivity index (χ0v) is 16.7. The van der Waals surface area contributed by atoms with Crippen LogP contribution in [-0.2, 0) is 16.6 Å². The summed E-state index contributed by atoms with van der Waals surface area (Å²) in [5.74, 6) is 1.52. The Morgan fingerprint density at radius 3 is 2.36 bits per heavy atom. The van der Waals surface area contributed by atoms with Gasteiger partial charge in [0.05, 0.1) is 12.8 Å². The highest BCUT2D eigenvalue weighted by atomic mass is 32.2. The SMILES string of the molecule is CCN(c1ccccc1)S(=O)(=O)c1ccc(NCc2ccccc2OC)[nH+]c1. The van der Waals surface area contributed by atoms with E-state index in [-0.39, 0.29) is 4.90 Å². The van der Waals surface area contributed by atoms with Crippen molar-refractivity contribution in [2.75, 3.05) is 23.3 Å². The maximum Gasteiger partial charge on any atom is 0.272 e. The zero-order chi connectivity index (χ0) is 20.0. The molecule has 0 atom stereocenters. The van der Waals surface area contributed by atoms with E-state index < -0.39 is 10.0 Å². The Morgan fingerprint density at radius 2 is 1.71 bits per heavy atom. The van der Waals surface area contributed by atoms with Crippen molar-refractivity contribution in [2.45, 2.75) is 18.4 Å². The number of nitrogens with zero attached hydrogens (tertiary/aromatic N) is 1. The summed E-state index contributed by atoms with van der Waals surface area (Å²) in [6.45, 7) is 2.72. The quantitative estimate of drug-likeness (QED) is 0.632. The molecule has 0 radical (unpaired) electrons. The Bertz CT molecular complexity index is 1010. The molecule has 0 aliphatic rings. The number of rotatable bonds is 8. The number of nitrogens with one attached hydrogen (secondary N) is 2. The van der Waals surface area contributed by atoms with Crippen LogP contribution in [0.2, 0.25) is 0 Å². The van der Waals surface area contributed by atoms with E-state index in [1.54, 1.807) is 31.4 Å². The molecule has 0 spiro atoms. The Morgan fingerprint density at radius 1 is 1.00 bits per heavy atom. The molecule has 3 rings (SSSR count). The average molecular weight is 399 g/mol. The van der Waals surface area contributed by atoms with Crippen LogP contribution in [0, 0.1) is 0 Å². The number of aromatic nitrogens is 1. The molecule has 6 nitrogen and oxygen atoms in total. The molecule has 0 fully saturated rings. The van der Waals surface area contributed by atoms with Gasteiger partial charge in [0, 0.05) is 18.2 Å². The van der Waals surface area contributed by atoms with Gasteiger partial charge >= 0.3 is 0 Å². The summed E-state index contributed by atoms with van der Waals surface area (Å²) in [5.41, 5.74) is 1.65. The number of hydrogen-bond donors (Lipinski definition) is 1. The molecule has 7 heteroatoms. The molecule has 0 saturated heterocycles. The molecule has 0 aliphatic carbocycles. The molecule has 2 aromatic carbocycles. The molecule has 1 heterocycles. The van der Waals surface area contributed by atoms with Gasteiger partial charge in [-0.05, 0) is 31.2 Å². The molecule has 28 heavy (non-hydrogen) atoms. The van der Waals surface area contributed by atoms with Crippen molar-refractivity contribution in [1.82, 2.24) is 0 Å². The second-order valence-electron chi connectivity index (χ2n) is 6.11. The van der Waals surface area contributed by atoms with Crippen molar-refractivity contribution >= 4 is 21.5 Å².